The maximum absolute atomic E-state index is 13.3. The Balaban J connectivity index is 1.55. The van der Waals surface area contributed by atoms with Crippen LogP contribution in [-0.2, 0) is 19.1 Å². The minimum atomic E-state index is -1.04. The number of benzene rings is 1. The molecule has 15 nitrogen and oxygen atoms in total. The molecule has 0 atom stereocenters. The summed E-state index contributed by atoms with van der Waals surface area (Å²) in [7, 11) is 0. The number of amides is 3. The Bertz CT molecular complexity index is 1680. The molecule has 0 radical (unpaired) electrons. The second-order valence-electron chi connectivity index (χ2n) is 8.60. The minimum absolute atomic E-state index is 0.0402. The predicted octanol–water partition coefficient (Wildman–Crippen LogP) is 3.18. The highest BCUT2D eigenvalue weighted by Crippen LogP contribution is 2.28. The fourth-order valence-corrected chi connectivity index (χ4v) is 3.84. The van der Waals surface area contributed by atoms with Gasteiger partial charge in [0.1, 0.15) is 24.4 Å². The van der Waals surface area contributed by atoms with Crippen LogP contribution in [0.25, 0.3) is 5.52 Å². The van der Waals surface area contributed by atoms with Crippen LogP contribution in [0.1, 0.15) is 38.8 Å². The summed E-state index contributed by atoms with van der Waals surface area (Å²) in [5.74, 6) is -1.35. The average Bonchev–Trinajstić information content (AvgIpc) is 3.61. The first-order valence-corrected chi connectivity index (χ1v) is 12.4. The molecule has 0 saturated carbocycles. The Labute approximate surface area is 238 Å². The van der Waals surface area contributed by atoms with Crippen LogP contribution in [0.4, 0.5) is 22.1 Å². The standard InChI is InChI=1S/C27H25N7O8/c1-4-33(27(39)41-15-40-22(36)6-5-10-35)26(38)19-13-34-23(17(19)3)24(28-14-29-34)30-20-12-18(8-7-16(20)2)25(37)31-21-9-11-42-32-21/h5-14H,4,15H2,1-3H3,(H,28,29,30)(H,31,32,37)/b6-5+. The van der Waals surface area contributed by atoms with Gasteiger partial charge in [-0.1, -0.05) is 11.2 Å². The summed E-state index contributed by atoms with van der Waals surface area (Å²) in [6.07, 6.45) is 5.22. The number of allylic oxidation sites excluding steroid dienone is 1. The zero-order valence-corrected chi connectivity index (χ0v) is 22.7. The minimum Gasteiger partial charge on any atom is -0.425 e. The second-order valence-corrected chi connectivity index (χ2v) is 8.60. The molecule has 216 valence electrons. The zero-order valence-electron chi connectivity index (χ0n) is 22.7. The number of carbonyl (C=O) groups is 5. The van der Waals surface area contributed by atoms with E-state index >= 15 is 0 Å². The van der Waals surface area contributed by atoms with Gasteiger partial charge in [0, 0.05) is 36.1 Å². The van der Waals surface area contributed by atoms with Crippen LogP contribution in [0.2, 0.25) is 0 Å². The molecular formula is C27H25N7O8. The van der Waals surface area contributed by atoms with E-state index < -0.39 is 30.7 Å². The van der Waals surface area contributed by atoms with E-state index in [1.165, 1.54) is 29.4 Å². The van der Waals surface area contributed by atoms with Crippen molar-refractivity contribution in [3.63, 3.8) is 0 Å². The van der Waals surface area contributed by atoms with E-state index in [1.54, 1.807) is 32.0 Å². The van der Waals surface area contributed by atoms with Gasteiger partial charge in [-0.05, 0) is 50.1 Å². The number of ether oxygens (including phenoxy) is 2. The van der Waals surface area contributed by atoms with E-state index in [4.69, 9.17) is 9.26 Å². The highest BCUT2D eigenvalue weighted by molar-refractivity contribution is 6.06. The Hall–Kier alpha value is -5.86. The maximum atomic E-state index is 13.3. The molecule has 0 unspecified atom stereocenters. The van der Waals surface area contributed by atoms with Crippen molar-refractivity contribution in [1.82, 2.24) is 24.7 Å². The van der Waals surface area contributed by atoms with Crippen molar-refractivity contribution in [1.29, 1.82) is 0 Å². The lowest BCUT2D eigenvalue weighted by molar-refractivity contribution is -0.146. The first-order chi connectivity index (χ1) is 20.2. The molecule has 4 aromatic rings. The number of hydrogen-bond acceptors (Lipinski definition) is 12. The molecule has 1 aromatic carbocycles. The number of anilines is 3. The van der Waals surface area contributed by atoms with Gasteiger partial charge in [-0.2, -0.15) is 5.10 Å². The van der Waals surface area contributed by atoms with E-state index in [-0.39, 0.29) is 17.9 Å². The lowest BCUT2D eigenvalue weighted by atomic mass is 10.1. The van der Waals surface area contributed by atoms with Crippen molar-refractivity contribution >= 4 is 53.0 Å². The summed E-state index contributed by atoms with van der Waals surface area (Å²) in [6, 6.07) is 6.58. The van der Waals surface area contributed by atoms with Crippen LogP contribution < -0.4 is 10.6 Å². The van der Waals surface area contributed by atoms with E-state index in [1.807, 2.05) is 6.92 Å². The van der Waals surface area contributed by atoms with Gasteiger partial charge in [0.2, 0.25) is 6.79 Å². The summed E-state index contributed by atoms with van der Waals surface area (Å²) in [4.78, 5) is 65.5. The zero-order chi connectivity index (χ0) is 30.2. The number of nitrogens with one attached hydrogen (secondary N) is 2. The van der Waals surface area contributed by atoms with Gasteiger partial charge >= 0.3 is 12.1 Å². The van der Waals surface area contributed by atoms with Crippen LogP contribution in [0.5, 0.6) is 0 Å². The van der Waals surface area contributed by atoms with Gasteiger partial charge in [-0.15, -0.1) is 0 Å². The molecular weight excluding hydrogens is 550 g/mol. The highest BCUT2D eigenvalue weighted by atomic mass is 16.7. The number of esters is 1. The second kappa shape index (κ2) is 13.0. The van der Waals surface area contributed by atoms with Gasteiger partial charge in [0.25, 0.3) is 11.8 Å². The van der Waals surface area contributed by atoms with Crippen LogP contribution in [0, 0.1) is 13.8 Å². The van der Waals surface area contributed by atoms with Crippen molar-refractivity contribution in [3.8, 4) is 0 Å². The van der Waals surface area contributed by atoms with E-state index in [2.05, 4.69) is 30.6 Å². The summed E-state index contributed by atoms with van der Waals surface area (Å²) in [5, 5.41) is 13.7. The summed E-state index contributed by atoms with van der Waals surface area (Å²) < 4.78 is 15.7. The smallest absolute Gasteiger partial charge is 0.419 e. The number of imide groups is 1. The number of hydrogen-bond donors (Lipinski definition) is 2. The fourth-order valence-electron chi connectivity index (χ4n) is 3.84. The number of nitrogens with zero attached hydrogens (tertiary/aromatic N) is 5. The van der Waals surface area contributed by atoms with Gasteiger partial charge in [-0.25, -0.2) is 24.0 Å². The van der Waals surface area contributed by atoms with Crippen LogP contribution in [0.3, 0.4) is 0 Å². The number of aromatic nitrogens is 4. The summed E-state index contributed by atoms with van der Waals surface area (Å²) >= 11 is 0. The van der Waals surface area contributed by atoms with E-state index in [0.29, 0.717) is 34.4 Å². The molecule has 4 rings (SSSR count). The topological polar surface area (TPSA) is 187 Å². The SMILES string of the molecule is CCN(C(=O)OCOC(=O)/C=C/C=O)C(=O)c1cn2ncnc(Nc3cc(C(=O)Nc4ccon4)ccc3C)c2c1C. The predicted molar refractivity (Wildman–Crippen MR) is 146 cm³/mol. The lowest BCUT2D eigenvalue weighted by Crippen LogP contribution is -2.37. The van der Waals surface area contributed by atoms with Gasteiger partial charge in [0.05, 0.1) is 5.56 Å². The first-order valence-electron chi connectivity index (χ1n) is 12.4. The number of carbonyl (C=O) groups excluding carboxylic acids is 5. The molecule has 0 bridgehead atoms. The summed E-state index contributed by atoms with van der Waals surface area (Å²) in [6.45, 7) is 4.30. The maximum Gasteiger partial charge on any atom is 0.419 e. The van der Waals surface area contributed by atoms with Crippen molar-refractivity contribution < 1.29 is 38.0 Å². The molecule has 3 heterocycles. The molecule has 3 aromatic heterocycles. The Morgan fingerprint density at radius 2 is 1.95 bits per heavy atom. The van der Waals surface area contributed by atoms with E-state index in [0.717, 1.165) is 22.6 Å². The molecule has 0 aliphatic rings. The first kappa shape index (κ1) is 29.1. The molecule has 2 N–H and O–H groups in total. The van der Waals surface area contributed by atoms with E-state index in [9.17, 15) is 24.0 Å². The van der Waals surface area contributed by atoms with Gasteiger partial charge < -0.3 is 24.6 Å². The largest absolute Gasteiger partial charge is 0.425 e. The molecule has 42 heavy (non-hydrogen) atoms. The van der Waals surface area contributed by atoms with Gasteiger partial charge in [-0.3, -0.25) is 14.4 Å². The fraction of sp³-hybridized carbons (Fsp3) is 0.185. The molecule has 15 heteroatoms. The molecule has 0 fully saturated rings. The molecule has 0 aliphatic carbocycles. The van der Waals surface area contributed by atoms with Crippen LogP contribution >= 0.6 is 0 Å². The molecule has 0 saturated heterocycles. The normalized spacial score (nSPS) is 10.8. The highest BCUT2D eigenvalue weighted by Gasteiger charge is 2.27. The third kappa shape index (κ3) is 6.47. The van der Waals surface area contributed by atoms with Crippen molar-refractivity contribution in [2.75, 3.05) is 24.0 Å². The number of rotatable bonds is 10. The van der Waals surface area contributed by atoms with Crippen LogP contribution in [-0.4, -0.2) is 68.2 Å². The lowest BCUT2D eigenvalue weighted by Gasteiger charge is -2.18. The van der Waals surface area contributed by atoms with Crippen molar-refractivity contribution in [2.24, 2.45) is 0 Å². The average molecular weight is 576 g/mol. The number of fused-ring (bicyclic) bond motifs is 1. The quantitative estimate of drug-likeness (QED) is 0.122. The Morgan fingerprint density at radius 1 is 1.14 bits per heavy atom. The number of aldehydes is 1. The third-order valence-corrected chi connectivity index (χ3v) is 5.97. The monoisotopic (exact) mass is 575 g/mol. The number of aryl methyl sites for hydroxylation is 2. The van der Waals surface area contributed by atoms with Crippen molar-refractivity contribution in [2.45, 2.75) is 20.8 Å². The molecule has 0 aliphatic heterocycles. The van der Waals surface area contributed by atoms with Gasteiger partial charge in [0.15, 0.2) is 11.6 Å². The Kier molecular flexibility index (Phi) is 9.01. The summed E-state index contributed by atoms with van der Waals surface area (Å²) in [5.41, 5.74) is 2.82. The van der Waals surface area contributed by atoms with Crippen LogP contribution in [0.15, 0.2) is 59.7 Å². The molecule has 0 spiro atoms. The van der Waals surface area contributed by atoms with Crippen molar-refractivity contribution in [3.05, 3.63) is 77.5 Å². The Morgan fingerprint density at radius 3 is 2.67 bits per heavy atom. The third-order valence-electron chi connectivity index (χ3n) is 5.97. The molecule has 3 amide bonds.